The Morgan fingerprint density at radius 3 is 3.25 bits per heavy atom. The molecule has 0 bridgehead atoms. The molecule has 1 saturated heterocycles. The molecule has 1 unspecified atom stereocenters. The molecule has 82 valence electrons. The molecule has 1 aliphatic heterocycles. The van der Waals surface area contributed by atoms with Gasteiger partial charge in [0, 0.05) is 42.0 Å². The second-order valence-corrected chi connectivity index (χ2v) is 5.22. The minimum absolute atomic E-state index is 0.0550. The molecule has 2 heterocycles. The number of rotatable bonds is 0. The van der Waals surface area contributed by atoms with E-state index in [0.717, 1.165) is 12.2 Å². The number of piperidine rings is 1. The molecule has 1 aromatic heterocycles. The minimum Gasteiger partial charge on any atom is -0.377 e. The molecule has 2 fully saturated rings. The summed E-state index contributed by atoms with van der Waals surface area (Å²) in [6, 6.07) is 0. The predicted octanol–water partition coefficient (Wildman–Crippen LogP) is 1.00. The number of likely N-dealkylation sites (N-methyl/N-ethyl adjacent to an activating group) is 1. The molecule has 3 aliphatic rings. The number of fused-ring (bicyclic) bond motifs is 1. The van der Waals surface area contributed by atoms with E-state index in [0.29, 0.717) is 11.6 Å². The van der Waals surface area contributed by atoms with Gasteiger partial charge in [-0.3, -0.25) is 9.89 Å². The van der Waals surface area contributed by atoms with Gasteiger partial charge in [0.05, 0.1) is 0 Å². The molecule has 1 N–H and O–H groups in total. The van der Waals surface area contributed by atoms with Crippen LogP contribution in [-0.4, -0.2) is 34.5 Å². The normalized spacial score (nSPS) is 34.4. The first kappa shape index (κ1) is 8.56. The van der Waals surface area contributed by atoms with Crippen LogP contribution in [0.15, 0.2) is 11.8 Å². The van der Waals surface area contributed by atoms with Crippen LogP contribution in [0.25, 0.3) is 0 Å². The van der Waals surface area contributed by atoms with Crippen molar-refractivity contribution >= 4 is 5.78 Å². The lowest BCUT2D eigenvalue weighted by Crippen LogP contribution is -2.26. The molecular weight excluding hydrogens is 202 g/mol. The van der Waals surface area contributed by atoms with Crippen molar-refractivity contribution < 1.29 is 4.79 Å². The molecule has 1 saturated carbocycles. The zero-order valence-electron chi connectivity index (χ0n) is 9.37. The summed E-state index contributed by atoms with van der Waals surface area (Å²) < 4.78 is 0. The molecule has 4 nitrogen and oxygen atoms in total. The first-order valence-electron chi connectivity index (χ1n) is 5.67. The van der Waals surface area contributed by atoms with Gasteiger partial charge < -0.3 is 4.90 Å². The lowest BCUT2D eigenvalue weighted by molar-refractivity contribution is 0.103. The van der Waals surface area contributed by atoms with Gasteiger partial charge in [-0.15, -0.1) is 0 Å². The number of ketones is 1. The van der Waals surface area contributed by atoms with Crippen LogP contribution in [0.3, 0.4) is 0 Å². The number of nitrogens with one attached hydrogen (secondary N) is 1. The van der Waals surface area contributed by atoms with Crippen molar-refractivity contribution in [3.63, 3.8) is 0 Å². The molecule has 2 atom stereocenters. The van der Waals surface area contributed by atoms with E-state index in [1.807, 2.05) is 6.92 Å². The topological polar surface area (TPSA) is 49.0 Å². The van der Waals surface area contributed by atoms with E-state index >= 15 is 0 Å². The summed E-state index contributed by atoms with van der Waals surface area (Å²) in [6.45, 7) is 3.09. The second-order valence-electron chi connectivity index (χ2n) is 5.22. The van der Waals surface area contributed by atoms with E-state index < -0.39 is 0 Å². The Balaban J connectivity index is 2.04. The quantitative estimate of drug-likeness (QED) is 0.702. The number of aromatic amines is 1. The number of hydrogen-bond acceptors (Lipinski definition) is 3. The molecular formula is C12H13N3O. The van der Waals surface area contributed by atoms with Crippen molar-refractivity contribution in [2.75, 3.05) is 13.6 Å². The highest BCUT2D eigenvalue weighted by atomic mass is 16.1. The van der Waals surface area contributed by atoms with Crippen LogP contribution in [0, 0.1) is 12.8 Å². The zero-order valence-corrected chi connectivity index (χ0v) is 9.37. The van der Waals surface area contributed by atoms with Crippen LogP contribution >= 0.6 is 0 Å². The fraction of sp³-hybridized carbons (Fsp3) is 0.500. The van der Waals surface area contributed by atoms with Crippen molar-refractivity contribution in [2.24, 2.45) is 5.92 Å². The van der Waals surface area contributed by atoms with Gasteiger partial charge in [-0.1, -0.05) is 0 Å². The average molecular weight is 215 g/mol. The van der Waals surface area contributed by atoms with Gasteiger partial charge in [0.15, 0.2) is 0 Å². The summed E-state index contributed by atoms with van der Waals surface area (Å²) in [5.74, 6) is 0.742. The molecule has 2 aliphatic carbocycles. The minimum atomic E-state index is 0.0550. The lowest BCUT2D eigenvalue weighted by atomic mass is 9.84. The van der Waals surface area contributed by atoms with Crippen molar-refractivity contribution in [3.8, 4) is 0 Å². The van der Waals surface area contributed by atoms with Crippen LogP contribution in [0.4, 0.5) is 0 Å². The monoisotopic (exact) mass is 215 g/mol. The van der Waals surface area contributed by atoms with Gasteiger partial charge in [0.1, 0.15) is 5.69 Å². The third-order valence-electron chi connectivity index (χ3n) is 4.36. The number of allylic oxidation sites excluding steroid dienone is 2. The van der Waals surface area contributed by atoms with E-state index in [4.69, 9.17) is 0 Å². The Hall–Kier alpha value is -1.58. The summed E-state index contributed by atoms with van der Waals surface area (Å²) in [5, 5.41) is 7.12. The SMILES string of the molecule is Cc1[nH]nc2c1C13C[C@@H]1CN(C)C3=CC2=O. The maximum absolute atomic E-state index is 12.0. The second kappa shape index (κ2) is 2.24. The number of nitrogens with zero attached hydrogens (tertiary/aromatic N) is 2. The molecule has 0 amide bonds. The van der Waals surface area contributed by atoms with E-state index in [1.54, 1.807) is 6.08 Å². The Morgan fingerprint density at radius 1 is 1.62 bits per heavy atom. The van der Waals surface area contributed by atoms with Gasteiger partial charge in [0.25, 0.3) is 0 Å². The Morgan fingerprint density at radius 2 is 2.44 bits per heavy atom. The zero-order chi connectivity index (χ0) is 11.1. The maximum Gasteiger partial charge on any atom is 0.208 e. The number of likely N-dealkylation sites (tertiary alicyclic amines) is 1. The highest BCUT2D eigenvalue weighted by Crippen LogP contribution is 2.66. The van der Waals surface area contributed by atoms with E-state index in [2.05, 4.69) is 22.1 Å². The predicted molar refractivity (Wildman–Crippen MR) is 58.2 cm³/mol. The van der Waals surface area contributed by atoms with Crippen LogP contribution in [0.2, 0.25) is 0 Å². The Bertz CT molecular complexity index is 557. The highest BCUT2D eigenvalue weighted by molar-refractivity contribution is 6.07. The summed E-state index contributed by atoms with van der Waals surface area (Å²) in [4.78, 5) is 14.2. The fourth-order valence-electron chi connectivity index (χ4n) is 3.65. The third kappa shape index (κ3) is 0.691. The smallest absolute Gasteiger partial charge is 0.208 e. The fourth-order valence-corrected chi connectivity index (χ4v) is 3.65. The number of H-pyrrole nitrogens is 1. The molecule has 4 rings (SSSR count). The molecule has 1 aromatic rings. The highest BCUT2D eigenvalue weighted by Gasteiger charge is 2.66. The van der Waals surface area contributed by atoms with Crippen molar-refractivity contribution in [3.05, 3.63) is 28.7 Å². The van der Waals surface area contributed by atoms with Gasteiger partial charge >= 0.3 is 0 Å². The van der Waals surface area contributed by atoms with Crippen molar-refractivity contribution in [2.45, 2.75) is 18.8 Å². The van der Waals surface area contributed by atoms with Gasteiger partial charge in [0.2, 0.25) is 5.78 Å². The van der Waals surface area contributed by atoms with E-state index in [1.165, 1.54) is 17.7 Å². The summed E-state index contributed by atoms with van der Waals surface area (Å²) >= 11 is 0. The first-order valence-corrected chi connectivity index (χ1v) is 5.67. The summed E-state index contributed by atoms with van der Waals surface area (Å²) in [6.07, 6.45) is 2.97. The van der Waals surface area contributed by atoms with Gasteiger partial charge in [-0.2, -0.15) is 5.10 Å². The van der Waals surface area contributed by atoms with Crippen LogP contribution in [0.1, 0.15) is 28.2 Å². The van der Waals surface area contributed by atoms with Crippen LogP contribution in [0.5, 0.6) is 0 Å². The Labute approximate surface area is 93.3 Å². The molecule has 0 aromatic carbocycles. The largest absolute Gasteiger partial charge is 0.377 e. The Kier molecular flexibility index (Phi) is 1.20. The van der Waals surface area contributed by atoms with Crippen LogP contribution in [-0.2, 0) is 5.41 Å². The summed E-state index contributed by atoms with van der Waals surface area (Å²) in [7, 11) is 2.08. The molecule has 4 heteroatoms. The number of carbonyl (C=O) groups is 1. The number of aromatic nitrogens is 2. The summed E-state index contributed by atoms with van der Waals surface area (Å²) in [5.41, 5.74) is 4.23. The van der Waals surface area contributed by atoms with Crippen LogP contribution < -0.4 is 0 Å². The van der Waals surface area contributed by atoms with Gasteiger partial charge in [-0.05, 0) is 19.3 Å². The van der Waals surface area contributed by atoms with E-state index in [-0.39, 0.29) is 11.2 Å². The van der Waals surface area contributed by atoms with Gasteiger partial charge in [-0.25, -0.2) is 0 Å². The van der Waals surface area contributed by atoms with Crippen molar-refractivity contribution in [1.82, 2.24) is 15.1 Å². The molecule has 1 spiro atoms. The molecule has 0 radical (unpaired) electrons. The van der Waals surface area contributed by atoms with E-state index in [9.17, 15) is 4.79 Å². The number of hydrogen-bond donors (Lipinski definition) is 1. The number of aryl methyl sites for hydroxylation is 1. The van der Waals surface area contributed by atoms with Crippen molar-refractivity contribution in [1.29, 1.82) is 0 Å². The third-order valence-corrected chi connectivity index (χ3v) is 4.36. The maximum atomic E-state index is 12.0. The lowest BCUT2D eigenvalue weighted by Gasteiger charge is -2.26. The number of carbonyl (C=O) groups excluding carboxylic acids is 1. The first-order chi connectivity index (χ1) is 7.64. The average Bonchev–Trinajstić information content (AvgIpc) is 2.64. The molecule has 16 heavy (non-hydrogen) atoms. The standard InChI is InChI=1S/C12H13N3O/c1-6-10-11(14-13-6)8(16)3-9-12(10)4-7(12)5-15(9)2/h3,7H,4-5H2,1-2H3,(H,13,14)/t7-,12?/m1/s1.